The molecule has 1 aromatic rings. The standard InChI is InChI=1S/C16H19N3O5/c17-16(23)19-18-13-7-6-12(8-11(13)9-14(20)21)24-15(22)10-4-2-1-3-5-10/h1-5,11-12H,6-9H2,(H,20,21)(H3,17,19,23)/b18-13-. The number of carboxylic acids is 1. The van der Waals surface area contributed by atoms with E-state index in [-0.39, 0.29) is 6.42 Å². The molecule has 24 heavy (non-hydrogen) atoms. The van der Waals surface area contributed by atoms with Gasteiger partial charge < -0.3 is 15.6 Å². The summed E-state index contributed by atoms with van der Waals surface area (Å²) in [4.78, 5) is 33.9. The topological polar surface area (TPSA) is 131 Å². The van der Waals surface area contributed by atoms with E-state index >= 15 is 0 Å². The maximum atomic E-state index is 12.1. The van der Waals surface area contributed by atoms with E-state index < -0.39 is 30.0 Å². The number of rotatable bonds is 5. The number of carbonyl (C=O) groups excluding carboxylic acids is 2. The number of primary amides is 1. The van der Waals surface area contributed by atoms with E-state index in [2.05, 4.69) is 10.5 Å². The molecule has 2 unspecified atom stereocenters. The van der Waals surface area contributed by atoms with Crippen molar-refractivity contribution in [1.29, 1.82) is 0 Å². The van der Waals surface area contributed by atoms with Gasteiger partial charge >= 0.3 is 18.0 Å². The van der Waals surface area contributed by atoms with Crippen molar-refractivity contribution in [3.8, 4) is 0 Å². The summed E-state index contributed by atoms with van der Waals surface area (Å²) < 4.78 is 5.46. The van der Waals surface area contributed by atoms with Gasteiger partial charge in [-0.2, -0.15) is 5.10 Å². The molecule has 1 fully saturated rings. The fourth-order valence-electron chi connectivity index (χ4n) is 2.67. The number of nitrogens with one attached hydrogen (secondary N) is 1. The van der Waals surface area contributed by atoms with E-state index in [0.29, 0.717) is 30.5 Å². The maximum Gasteiger partial charge on any atom is 0.338 e. The zero-order valence-electron chi connectivity index (χ0n) is 13.0. The zero-order chi connectivity index (χ0) is 17.5. The van der Waals surface area contributed by atoms with Gasteiger partial charge in [0.2, 0.25) is 0 Å². The number of amides is 2. The summed E-state index contributed by atoms with van der Waals surface area (Å²) in [6, 6.07) is 7.78. The zero-order valence-corrected chi connectivity index (χ0v) is 13.0. The van der Waals surface area contributed by atoms with Gasteiger partial charge in [0, 0.05) is 11.6 Å². The van der Waals surface area contributed by atoms with Crippen molar-refractivity contribution in [3.05, 3.63) is 35.9 Å². The average molecular weight is 333 g/mol. The Morgan fingerprint density at radius 3 is 2.62 bits per heavy atom. The van der Waals surface area contributed by atoms with Crippen LogP contribution in [-0.4, -0.2) is 34.9 Å². The van der Waals surface area contributed by atoms with E-state index in [0.717, 1.165) is 0 Å². The molecule has 8 nitrogen and oxygen atoms in total. The molecular formula is C16H19N3O5. The first-order chi connectivity index (χ1) is 11.5. The highest BCUT2D eigenvalue weighted by Gasteiger charge is 2.31. The predicted molar refractivity (Wildman–Crippen MR) is 85.4 cm³/mol. The van der Waals surface area contributed by atoms with Gasteiger partial charge in [0.25, 0.3) is 0 Å². The van der Waals surface area contributed by atoms with Crippen LogP contribution in [0.25, 0.3) is 0 Å². The molecule has 0 heterocycles. The summed E-state index contributed by atoms with van der Waals surface area (Å²) in [6.07, 6.45) is 0.719. The smallest absolute Gasteiger partial charge is 0.338 e. The van der Waals surface area contributed by atoms with Gasteiger partial charge in [-0.15, -0.1) is 0 Å². The van der Waals surface area contributed by atoms with E-state index in [1.807, 2.05) is 0 Å². The van der Waals surface area contributed by atoms with Gasteiger partial charge in [0.05, 0.1) is 12.0 Å². The minimum Gasteiger partial charge on any atom is -0.481 e. The lowest BCUT2D eigenvalue weighted by atomic mass is 9.83. The number of hydrogen-bond acceptors (Lipinski definition) is 5. The first-order valence-electron chi connectivity index (χ1n) is 7.55. The summed E-state index contributed by atoms with van der Waals surface area (Å²) >= 11 is 0. The average Bonchev–Trinajstić information content (AvgIpc) is 2.54. The Kier molecular flexibility index (Phi) is 5.89. The van der Waals surface area contributed by atoms with Gasteiger partial charge in [-0.3, -0.25) is 4.79 Å². The van der Waals surface area contributed by atoms with Crippen LogP contribution in [0.1, 0.15) is 36.0 Å². The van der Waals surface area contributed by atoms with E-state index in [4.69, 9.17) is 15.6 Å². The summed E-state index contributed by atoms with van der Waals surface area (Å²) in [5.74, 6) is -1.84. The van der Waals surface area contributed by atoms with Gasteiger partial charge in [0.1, 0.15) is 6.10 Å². The van der Waals surface area contributed by atoms with E-state index in [9.17, 15) is 14.4 Å². The van der Waals surface area contributed by atoms with Crippen LogP contribution in [0, 0.1) is 5.92 Å². The fourth-order valence-corrected chi connectivity index (χ4v) is 2.67. The second-order valence-electron chi connectivity index (χ2n) is 5.54. The van der Waals surface area contributed by atoms with Crippen molar-refractivity contribution in [2.75, 3.05) is 0 Å². The van der Waals surface area contributed by atoms with Gasteiger partial charge in [-0.1, -0.05) is 18.2 Å². The van der Waals surface area contributed by atoms with Crippen molar-refractivity contribution in [3.63, 3.8) is 0 Å². The number of hydrazone groups is 1. The normalized spacial score (nSPS) is 21.9. The lowest BCUT2D eigenvalue weighted by Gasteiger charge is -2.29. The Morgan fingerprint density at radius 1 is 1.29 bits per heavy atom. The number of carbonyl (C=O) groups is 3. The monoisotopic (exact) mass is 333 g/mol. The minimum atomic E-state index is -0.984. The molecule has 2 rings (SSSR count). The van der Waals surface area contributed by atoms with Crippen molar-refractivity contribution < 1.29 is 24.2 Å². The van der Waals surface area contributed by atoms with Crippen LogP contribution in [0.15, 0.2) is 35.4 Å². The molecular weight excluding hydrogens is 314 g/mol. The first-order valence-corrected chi connectivity index (χ1v) is 7.55. The molecule has 1 aliphatic rings. The highest BCUT2D eigenvalue weighted by Crippen LogP contribution is 2.27. The molecule has 4 N–H and O–H groups in total. The second kappa shape index (κ2) is 8.09. The van der Waals surface area contributed by atoms with Gasteiger partial charge in [-0.05, 0) is 31.4 Å². The molecule has 0 aliphatic heterocycles. The number of ether oxygens (including phenoxy) is 1. The van der Waals surface area contributed by atoms with Crippen LogP contribution in [0.5, 0.6) is 0 Å². The Hall–Kier alpha value is -2.90. The van der Waals surface area contributed by atoms with Crippen molar-refractivity contribution in [1.82, 2.24) is 5.43 Å². The number of benzene rings is 1. The van der Waals surface area contributed by atoms with Gasteiger partial charge in [0.15, 0.2) is 0 Å². The third kappa shape index (κ3) is 5.08. The molecule has 0 radical (unpaired) electrons. The van der Waals surface area contributed by atoms with Crippen LogP contribution in [0.4, 0.5) is 4.79 Å². The van der Waals surface area contributed by atoms with E-state index in [1.165, 1.54) is 0 Å². The lowest BCUT2D eigenvalue weighted by Crippen LogP contribution is -2.35. The molecule has 2 atom stereocenters. The Labute approximate surface area is 138 Å². The van der Waals surface area contributed by atoms with Crippen LogP contribution in [0.3, 0.4) is 0 Å². The molecule has 1 aromatic carbocycles. The number of hydrogen-bond donors (Lipinski definition) is 3. The number of nitrogens with two attached hydrogens (primary N) is 1. The fraction of sp³-hybridized carbons (Fsp3) is 0.375. The molecule has 1 aliphatic carbocycles. The quantitative estimate of drug-likeness (QED) is 0.555. The van der Waals surface area contributed by atoms with Crippen LogP contribution < -0.4 is 11.2 Å². The highest BCUT2D eigenvalue weighted by molar-refractivity contribution is 5.92. The summed E-state index contributed by atoms with van der Waals surface area (Å²) in [5, 5.41) is 12.9. The van der Waals surface area contributed by atoms with Crippen LogP contribution in [0.2, 0.25) is 0 Å². The second-order valence-corrected chi connectivity index (χ2v) is 5.54. The first kappa shape index (κ1) is 17.5. The molecule has 0 bridgehead atoms. The Bertz CT molecular complexity index is 644. The molecule has 0 spiro atoms. The molecule has 128 valence electrons. The number of aliphatic carboxylic acids is 1. The number of urea groups is 1. The lowest BCUT2D eigenvalue weighted by molar-refractivity contribution is -0.137. The highest BCUT2D eigenvalue weighted by atomic mass is 16.5. The minimum absolute atomic E-state index is 0.154. The Morgan fingerprint density at radius 2 is 2.00 bits per heavy atom. The summed E-state index contributed by atoms with van der Waals surface area (Å²) in [5.41, 5.74) is 8.09. The number of carboxylic acid groups (broad SMARTS) is 1. The molecule has 0 saturated heterocycles. The third-order valence-corrected chi connectivity index (χ3v) is 3.76. The van der Waals surface area contributed by atoms with Gasteiger partial charge in [-0.25, -0.2) is 15.0 Å². The molecule has 2 amide bonds. The maximum absolute atomic E-state index is 12.1. The number of esters is 1. The Balaban J connectivity index is 2.02. The van der Waals surface area contributed by atoms with Crippen LogP contribution in [-0.2, 0) is 9.53 Å². The van der Waals surface area contributed by atoms with Crippen molar-refractivity contribution in [2.24, 2.45) is 16.8 Å². The molecule has 0 aromatic heterocycles. The van der Waals surface area contributed by atoms with Crippen molar-refractivity contribution >= 4 is 23.7 Å². The van der Waals surface area contributed by atoms with Crippen molar-refractivity contribution in [2.45, 2.75) is 31.8 Å². The molecule has 1 saturated carbocycles. The predicted octanol–water partition coefficient (Wildman–Crippen LogP) is 1.51. The molecule has 8 heteroatoms. The SMILES string of the molecule is NC(=O)N/N=C1/CCC(OC(=O)c2ccccc2)CC1CC(=O)O. The van der Waals surface area contributed by atoms with Crippen LogP contribution >= 0.6 is 0 Å². The number of nitrogens with zero attached hydrogens (tertiary/aromatic N) is 1. The van der Waals surface area contributed by atoms with E-state index in [1.54, 1.807) is 30.3 Å². The third-order valence-electron chi connectivity index (χ3n) is 3.76. The summed E-state index contributed by atoms with van der Waals surface area (Å²) in [6.45, 7) is 0. The largest absolute Gasteiger partial charge is 0.481 e. The summed E-state index contributed by atoms with van der Waals surface area (Å²) in [7, 11) is 0.